The minimum absolute atomic E-state index is 0.444. The highest BCUT2D eigenvalue weighted by Crippen LogP contribution is 2.34. The van der Waals surface area contributed by atoms with Crippen molar-refractivity contribution in [2.75, 3.05) is 6.61 Å². The highest BCUT2D eigenvalue weighted by atomic mass is 16.5. The largest absolute Gasteiger partial charge is 0.491 e. The second-order valence-electron chi connectivity index (χ2n) is 5.36. The molecule has 2 heteroatoms. The zero-order valence-corrected chi connectivity index (χ0v) is 10.8. The lowest BCUT2D eigenvalue weighted by Gasteiger charge is -2.14. The second-order valence-corrected chi connectivity index (χ2v) is 5.36. The topological polar surface area (TPSA) is 21.3 Å². The van der Waals surface area contributed by atoms with Crippen LogP contribution in [0.4, 0.5) is 0 Å². The van der Waals surface area contributed by atoms with Crippen LogP contribution in [0.25, 0.3) is 0 Å². The highest BCUT2D eigenvalue weighted by molar-refractivity contribution is 5.30. The van der Waals surface area contributed by atoms with Crippen molar-refractivity contribution in [3.8, 4) is 5.75 Å². The Morgan fingerprint density at radius 2 is 1.89 bits per heavy atom. The van der Waals surface area contributed by atoms with Crippen molar-refractivity contribution < 1.29 is 4.74 Å². The van der Waals surface area contributed by atoms with E-state index in [9.17, 15) is 0 Å². The van der Waals surface area contributed by atoms with Crippen LogP contribution in [0, 0.1) is 0 Å². The molecule has 1 atom stereocenters. The first-order valence-electron chi connectivity index (χ1n) is 7.05. The van der Waals surface area contributed by atoms with Gasteiger partial charge in [0, 0.05) is 0 Å². The lowest BCUT2D eigenvalue weighted by molar-refractivity contribution is 0.280. The van der Waals surface area contributed by atoms with E-state index < -0.39 is 0 Å². The van der Waals surface area contributed by atoms with E-state index in [1.54, 1.807) is 0 Å². The monoisotopic (exact) mass is 243 g/mol. The Morgan fingerprint density at radius 1 is 1.11 bits per heavy atom. The number of hydrogen-bond acceptors (Lipinski definition) is 2. The predicted molar refractivity (Wildman–Crippen MR) is 73.8 cm³/mol. The molecule has 0 radical (unpaired) electrons. The molecule has 2 aliphatic rings. The molecule has 1 aromatic carbocycles. The van der Waals surface area contributed by atoms with Crippen molar-refractivity contribution in [2.24, 2.45) is 0 Å². The van der Waals surface area contributed by atoms with Gasteiger partial charge in [-0.15, -0.1) is 0 Å². The van der Waals surface area contributed by atoms with Gasteiger partial charge in [-0.05, 0) is 49.1 Å². The van der Waals surface area contributed by atoms with Gasteiger partial charge < -0.3 is 10.1 Å². The minimum Gasteiger partial charge on any atom is -0.491 e. The average Bonchev–Trinajstić information content (AvgIpc) is 3.10. The van der Waals surface area contributed by atoms with E-state index in [0.29, 0.717) is 6.04 Å². The minimum atomic E-state index is 0.444. The van der Waals surface area contributed by atoms with Crippen LogP contribution in [0.2, 0.25) is 0 Å². The van der Waals surface area contributed by atoms with Gasteiger partial charge in [-0.2, -0.15) is 0 Å². The van der Waals surface area contributed by atoms with Crippen molar-refractivity contribution in [2.45, 2.75) is 44.1 Å². The maximum absolute atomic E-state index is 5.81. The van der Waals surface area contributed by atoms with Crippen LogP contribution in [0.15, 0.2) is 36.5 Å². The van der Waals surface area contributed by atoms with Crippen molar-refractivity contribution in [3.05, 3.63) is 42.1 Å². The molecule has 0 aromatic heterocycles. The first-order chi connectivity index (χ1) is 8.92. The first kappa shape index (κ1) is 11.6. The van der Waals surface area contributed by atoms with E-state index in [1.165, 1.54) is 31.2 Å². The van der Waals surface area contributed by atoms with Crippen LogP contribution >= 0.6 is 0 Å². The number of ether oxygens (including phenoxy) is 1. The lowest BCUT2D eigenvalue weighted by atomic mass is 9.98. The molecule has 1 fully saturated rings. The summed E-state index contributed by atoms with van der Waals surface area (Å²) in [6.07, 6.45) is 10.7. The molecule has 1 N–H and O–H groups in total. The summed E-state index contributed by atoms with van der Waals surface area (Å²) in [5.41, 5.74) is 1.49. The molecule has 0 saturated heterocycles. The van der Waals surface area contributed by atoms with Crippen LogP contribution in [-0.2, 0) is 0 Å². The van der Waals surface area contributed by atoms with Crippen molar-refractivity contribution in [1.82, 2.24) is 5.32 Å². The molecule has 0 bridgehead atoms. The molecule has 1 unspecified atom stereocenters. The van der Waals surface area contributed by atoms with Gasteiger partial charge in [0.2, 0.25) is 0 Å². The smallest absolute Gasteiger partial charge is 0.119 e. The third kappa shape index (κ3) is 2.69. The van der Waals surface area contributed by atoms with Crippen LogP contribution in [0.3, 0.4) is 0 Å². The average molecular weight is 243 g/mol. The van der Waals surface area contributed by atoms with Gasteiger partial charge in [0.25, 0.3) is 0 Å². The van der Waals surface area contributed by atoms with Crippen molar-refractivity contribution in [1.29, 1.82) is 0 Å². The number of nitrogens with one attached hydrogen (secondary N) is 1. The van der Waals surface area contributed by atoms with Crippen LogP contribution in [-0.4, -0.2) is 12.6 Å². The summed E-state index contributed by atoms with van der Waals surface area (Å²) in [7, 11) is 0. The normalized spacial score (nSPS) is 23.2. The summed E-state index contributed by atoms with van der Waals surface area (Å²) >= 11 is 0. The standard InChI is InChI=1S/C16H21NO/c1-2-5-13(4-1)14-7-9-16(10-8-14)18-12-15-6-3-11-17-15/h3,7-11,13,15,17H,1-2,4-6,12H2. The molecule has 0 amide bonds. The Morgan fingerprint density at radius 3 is 2.56 bits per heavy atom. The van der Waals surface area contributed by atoms with Crippen LogP contribution in [0.1, 0.15) is 43.6 Å². The summed E-state index contributed by atoms with van der Waals surface area (Å²) in [5, 5.41) is 3.28. The Hall–Kier alpha value is -1.44. The molecule has 18 heavy (non-hydrogen) atoms. The Labute approximate surface area is 109 Å². The van der Waals surface area contributed by atoms with E-state index in [-0.39, 0.29) is 0 Å². The summed E-state index contributed by atoms with van der Waals surface area (Å²) in [5.74, 6) is 1.78. The molecule has 0 spiro atoms. The second kappa shape index (κ2) is 5.47. The fourth-order valence-corrected chi connectivity index (χ4v) is 2.91. The summed E-state index contributed by atoms with van der Waals surface area (Å²) in [4.78, 5) is 0. The van der Waals surface area contributed by atoms with Gasteiger partial charge in [-0.25, -0.2) is 0 Å². The molecule has 2 nitrogen and oxygen atoms in total. The zero-order valence-electron chi connectivity index (χ0n) is 10.8. The fraction of sp³-hybridized carbons (Fsp3) is 0.500. The SMILES string of the molecule is C1=CNC(COc2ccc(C3CCCC3)cc2)C1. The fourth-order valence-electron chi connectivity index (χ4n) is 2.91. The van der Waals surface area contributed by atoms with E-state index in [0.717, 1.165) is 24.7 Å². The molecule has 1 saturated carbocycles. The molecule has 1 aliphatic carbocycles. The third-order valence-corrected chi connectivity index (χ3v) is 4.03. The Kier molecular flexibility index (Phi) is 3.54. The molecule has 1 aromatic rings. The predicted octanol–water partition coefficient (Wildman–Crippen LogP) is 3.60. The molecular weight excluding hydrogens is 222 g/mol. The summed E-state index contributed by atoms with van der Waals surface area (Å²) in [6, 6.07) is 9.17. The molecule has 3 rings (SSSR count). The number of rotatable bonds is 4. The maximum Gasteiger partial charge on any atom is 0.119 e. The Balaban J connectivity index is 1.53. The summed E-state index contributed by atoms with van der Waals surface area (Å²) in [6.45, 7) is 0.746. The van der Waals surface area contributed by atoms with Gasteiger partial charge in [0.05, 0.1) is 6.04 Å². The van der Waals surface area contributed by atoms with Crippen LogP contribution in [0.5, 0.6) is 5.75 Å². The molecule has 96 valence electrons. The number of benzene rings is 1. The third-order valence-electron chi connectivity index (χ3n) is 4.03. The van der Waals surface area contributed by atoms with Crippen molar-refractivity contribution >= 4 is 0 Å². The van der Waals surface area contributed by atoms with Gasteiger partial charge in [-0.1, -0.05) is 31.1 Å². The summed E-state index contributed by atoms with van der Waals surface area (Å²) < 4.78 is 5.81. The molecular formula is C16H21NO. The Bertz CT molecular complexity index is 396. The quantitative estimate of drug-likeness (QED) is 0.872. The van der Waals surface area contributed by atoms with Crippen LogP contribution < -0.4 is 10.1 Å². The maximum atomic E-state index is 5.81. The zero-order chi connectivity index (χ0) is 12.2. The van der Waals surface area contributed by atoms with Gasteiger partial charge in [0.15, 0.2) is 0 Å². The van der Waals surface area contributed by atoms with Gasteiger partial charge in [-0.3, -0.25) is 0 Å². The van der Waals surface area contributed by atoms with E-state index in [1.807, 2.05) is 6.20 Å². The van der Waals surface area contributed by atoms with Gasteiger partial charge >= 0.3 is 0 Å². The first-order valence-corrected chi connectivity index (χ1v) is 7.05. The molecule has 1 aliphatic heterocycles. The van der Waals surface area contributed by atoms with E-state index >= 15 is 0 Å². The lowest BCUT2D eigenvalue weighted by Crippen LogP contribution is -2.26. The van der Waals surface area contributed by atoms with E-state index in [2.05, 4.69) is 35.7 Å². The molecule has 1 heterocycles. The van der Waals surface area contributed by atoms with Crippen molar-refractivity contribution in [3.63, 3.8) is 0 Å². The van der Waals surface area contributed by atoms with E-state index in [4.69, 9.17) is 4.74 Å². The highest BCUT2D eigenvalue weighted by Gasteiger charge is 2.16. The number of hydrogen-bond donors (Lipinski definition) is 1. The van der Waals surface area contributed by atoms with Gasteiger partial charge in [0.1, 0.15) is 12.4 Å².